The van der Waals surface area contributed by atoms with E-state index in [9.17, 15) is 4.79 Å². The summed E-state index contributed by atoms with van der Waals surface area (Å²) in [7, 11) is 0. The smallest absolute Gasteiger partial charge is 0.253 e. The Morgan fingerprint density at radius 3 is 2.83 bits per heavy atom. The molecule has 1 aromatic carbocycles. The Morgan fingerprint density at radius 2 is 2.12 bits per heavy atom. The van der Waals surface area contributed by atoms with Gasteiger partial charge in [0.1, 0.15) is 12.7 Å². The van der Waals surface area contributed by atoms with Crippen LogP contribution < -0.4 is 10.2 Å². The second kappa shape index (κ2) is 7.66. The third kappa shape index (κ3) is 4.06. The first kappa shape index (κ1) is 16.8. The number of benzene rings is 1. The molecule has 1 aliphatic heterocycles. The zero-order valence-corrected chi connectivity index (χ0v) is 14.5. The summed E-state index contributed by atoms with van der Waals surface area (Å²) in [5.74, 6) is -0.161. The van der Waals surface area contributed by atoms with Gasteiger partial charge in [-0.1, -0.05) is 11.6 Å². The van der Waals surface area contributed by atoms with Crippen LogP contribution in [0.15, 0.2) is 30.9 Å². The fourth-order valence-corrected chi connectivity index (χ4v) is 3.19. The average molecular weight is 348 g/mol. The number of nitrogens with zero attached hydrogens (tertiary/aromatic N) is 4. The van der Waals surface area contributed by atoms with E-state index >= 15 is 0 Å². The van der Waals surface area contributed by atoms with Gasteiger partial charge in [-0.15, -0.1) is 0 Å². The number of amides is 1. The lowest BCUT2D eigenvalue weighted by Gasteiger charge is -2.29. The predicted molar refractivity (Wildman–Crippen MR) is 94.5 cm³/mol. The van der Waals surface area contributed by atoms with Gasteiger partial charge in [0.25, 0.3) is 5.91 Å². The number of halogens is 1. The SMILES string of the molecule is C[C@@H](Cn1cncn1)NC(=O)c1cc(N2CCCCC2)ccc1Cl. The van der Waals surface area contributed by atoms with Gasteiger partial charge in [-0.25, -0.2) is 4.98 Å². The highest BCUT2D eigenvalue weighted by Gasteiger charge is 2.17. The van der Waals surface area contributed by atoms with E-state index in [2.05, 4.69) is 20.3 Å². The van der Waals surface area contributed by atoms with Crippen LogP contribution in [0, 0.1) is 0 Å². The van der Waals surface area contributed by atoms with Crippen molar-refractivity contribution >= 4 is 23.2 Å². The molecule has 0 radical (unpaired) electrons. The summed E-state index contributed by atoms with van der Waals surface area (Å²) in [5.41, 5.74) is 1.58. The van der Waals surface area contributed by atoms with Crippen LogP contribution in [0.2, 0.25) is 5.02 Å². The minimum Gasteiger partial charge on any atom is -0.372 e. The molecule has 0 saturated carbocycles. The molecule has 2 aromatic rings. The van der Waals surface area contributed by atoms with Crippen molar-refractivity contribution in [3.63, 3.8) is 0 Å². The van der Waals surface area contributed by atoms with E-state index in [1.807, 2.05) is 25.1 Å². The van der Waals surface area contributed by atoms with Crippen molar-refractivity contribution in [2.45, 2.75) is 38.8 Å². The highest BCUT2D eigenvalue weighted by molar-refractivity contribution is 6.34. The number of rotatable bonds is 5. The summed E-state index contributed by atoms with van der Waals surface area (Å²) in [6, 6.07) is 5.62. The van der Waals surface area contributed by atoms with Gasteiger partial charge in [0.2, 0.25) is 0 Å². The number of carbonyl (C=O) groups is 1. The molecule has 2 heterocycles. The Bertz CT molecular complexity index is 682. The molecule has 0 unspecified atom stereocenters. The normalized spacial score (nSPS) is 16.0. The number of aromatic nitrogens is 3. The van der Waals surface area contributed by atoms with Crippen LogP contribution in [0.3, 0.4) is 0 Å². The fourth-order valence-electron chi connectivity index (χ4n) is 2.99. The largest absolute Gasteiger partial charge is 0.372 e. The molecule has 6 nitrogen and oxygen atoms in total. The number of hydrogen-bond donors (Lipinski definition) is 1. The lowest BCUT2D eigenvalue weighted by Crippen LogP contribution is -2.36. The summed E-state index contributed by atoms with van der Waals surface area (Å²) in [6.07, 6.45) is 6.77. The Kier molecular flexibility index (Phi) is 5.35. The number of hydrogen-bond acceptors (Lipinski definition) is 4. The first-order chi connectivity index (χ1) is 11.6. The first-order valence-electron chi connectivity index (χ1n) is 8.31. The summed E-state index contributed by atoms with van der Waals surface area (Å²) < 4.78 is 1.69. The number of piperidine rings is 1. The second-order valence-electron chi connectivity index (χ2n) is 6.20. The molecule has 0 bridgehead atoms. The van der Waals surface area contributed by atoms with Crippen molar-refractivity contribution < 1.29 is 4.79 Å². The Balaban J connectivity index is 1.69. The first-order valence-corrected chi connectivity index (χ1v) is 8.69. The van der Waals surface area contributed by atoms with Crippen LogP contribution in [0.4, 0.5) is 5.69 Å². The van der Waals surface area contributed by atoms with Crippen LogP contribution in [-0.2, 0) is 6.54 Å². The maximum atomic E-state index is 12.6. The number of nitrogens with one attached hydrogen (secondary N) is 1. The van der Waals surface area contributed by atoms with Gasteiger partial charge in [-0.3, -0.25) is 9.48 Å². The summed E-state index contributed by atoms with van der Waals surface area (Å²) >= 11 is 6.25. The fraction of sp³-hybridized carbons (Fsp3) is 0.471. The molecule has 1 aromatic heterocycles. The molecule has 7 heteroatoms. The van der Waals surface area contributed by atoms with Gasteiger partial charge in [0.15, 0.2) is 0 Å². The van der Waals surface area contributed by atoms with E-state index in [1.165, 1.54) is 25.6 Å². The van der Waals surface area contributed by atoms with Crippen LogP contribution in [-0.4, -0.2) is 39.8 Å². The van der Waals surface area contributed by atoms with Crippen molar-refractivity contribution in [2.24, 2.45) is 0 Å². The van der Waals surface area contributed by atoms with E-state index in [4.69, 9.17) is 11.6 Å². The highest BCUT2D eigenvalue weighted by atomic mass is 35.5. The molecular weight excluding hydrogens is 326 g/mol. The third-order valence-corrected chi connectivity index (χ3v) is 4.55. The molecule has 1 amide bonds. The van der Waals surface area contributed by atoms with Gasteiger partial charge in [-0.2, -0.15) is 5.10 Å². The summed E-state index contributed by atoms with van der Waals surface area (Å²) in [6.45, 7) is 4.56. The molecular formula is C17H22ClN5O. The third-order valence-electron chi connectivity index (χ3n) is 4.22. The maximum absolute atomic E-state index is 12.6. The lowest BCUT2D eigenvalue weighted by molar-refractivity contribution is 0.0936. The van der Waals surface area contributed by atoms with Gasteiger partial charge in [0, 0.05) is 24.8 Å². The molecule has 24 heavy (non-hydrogen) atoms. The molecule has 1 fully saturated rings. The molecule has 1 N–H and O–H groups in total. The van der Waals surface area contributed by atoms with Crippen molar-refractivity contribution in [3.8, 4) is 0 Å². The number of anilines is 1. The standard InChI is InChI=1S/C17H22ClN5O/c1-13(10-23-12-19-11-20-23)21-17(24)15-9-14(5-6-16(15)18)22-7-3-2-4-8-22/h5-6,9,11-13H,2-4,7-8,10H2,1H3,(H,21,24)/t13-/m0/s1. The van der Waals surface area contributed by atoms with Crippen LogP contribution in [0.5, 0.6) is 0 Å². The monoisotopic (exact) mass is 347 g/mol. The van der Waals surface area contributed by atoms with E-state index < -0.39 is 0 Å². The minimum absolute atomic E-state index is 0.0751. The van der Waals surface area contributed by atoms with Crippen LogP contribution >= 0.6 is 11.6 Å². The molecule has 0 spiro atoms. The number of carbonyl (C=O) groups excluding carboxylic acids is 1. The zero-order chi connectivity index (χ0) is 16.9. The van der Waals surface area contributed by atoms with E-state index in [-0.39, 0.29) is 11.9 Å². The second-order valence-corrected chi connectivity index (χ2v) is 6.61. The van der Waals surface area contributed by atoms with Gasteiger partial charge < -0.3 is 10.2 Å². The summed E-state index contributed by atoms with van der Waals surface area (Å²) in [5, 5.41) is 7.50. The Hall–Kier alpha value is -2.08. The Labute approximate surface area is 146 Å². The van der Waals surface area contributed by atoms with E-state index in [0.29, 0.717) is 17.1 Å². The maximum Gasteiger partial charge on any atom is 0.253 e. The average Bonchev–Trinajstić information content (AvgIpc) is 3.08. The van der Waals surface area contributed by atoms with Crippen LogP contribution in [0.1, 0.15) is 36.5 Å². The lowest BCUT2D eigenvalue weighted by atomic mass is 10.1. The van der Waals surface area contributed by atoms with Crippen molar-refractivity contribution in [1.29, 1.82) is 0 Å². The molecule has 1 saturated heterocycles. The van der Waals surface area contributed by atoms with Crippen LogP contribution in [0.25, 0.3) is 0 Å². The molecule has 1 aliphatic rings. The molecule has 1 atom stereocenters. The van der Waals surface area contributed by atoms with E-state index in [1.54, 1.807) is 11.0 Å². The van der Waals surface area contributed by atoms with Gasteiger partial charge in [-0.05, 0) is 44.4 Å². The van der Waals surface area contributed by atoms with Gasteiger partial charge >= 0.3 is 0 Å². The van der Waals surface area contributed by atoms with Crippen molar-refractivity contribution in [3.05, 3.63) is 41.4 Å². The molecule has 0 aliphatic carbocycles. The Morgan fingerprint density at radius 1 is 1.33 bits per heavy atom. The molecule has 128 valence electrons. The highest BCUT2D eigenvalue weighted by Crippen LogP contribution is 2.25. The minimum atomic E-state index is -0.161. The zero-order valence-electron chi connectivity index (χ0n) is 13.8. The van der Waals surface area contributed by atoms with Crippen molar-refractivity contribution in [1.82, 2.24) is 20.1 Å². The van der Waals surface area contributed by atoms with Crippen molar-refractivity contribution in [2.75, 3.05) is 18.0 Å². The molecule has 3 rings (SSSR count). The topological polar surface area (TPSA) is 63.1 Å². The van der Waals surface area contributed by atoms with E-state index in [0.717, 1.165) is 18.8 Å². The predicted octanol–water partition coefficient (Wildman–Crippen LogP) is 2.74. The van der Waals surface area contributed by atoms with Gasteiger partial charge in [0.05, 0.1) is 17.1 Å². The summed E-state index contributed by atoms with van der Waals surface area (Å²) in [4.78, 5) is 18.8. The quantitative estimate of drug-likeness (QED) is 0.903.